The number of carboxylic acids is 1. The van der Waals surface area contributed by atoms with E-state index < -0.39 is 11.5 Å². The molecule has 0 radical (unpaired) electrons. The molecule has 0 bridgehead atoms. The predicted octanol–water partition coefficient (Wildman–Crippen LogP) is 2.89. The van der Waals surface area contributed by atoms with Crippen molar-refractivity contribution >= 4 is 11.7 Å². The van der Waals surface area contributed by atoms with Crippen LogP contribution >= 0.6 is 0 Å². The van der Waals surface area contributed by atoms with Crippen LogP contribution in [-0.2, 0) is 4.79 Å². The summed E-state index contributed by atoms with van der Waals surface area (Å²) >= 11 is 0. The van der Waals surface area contributed by atoms with Crippen LogP contribution in [0.2, 0.25) is 0 Å². The van der Waals surface area contributed by atoms with Gasteiger partial charge in [-0.15, -0.1) is 0 Å². The van der Waals surface area contributed by atoms with Crippen LogP contribution in [0.3, 0.4) is 0 Å². The van der Waals surface area contributed by atoms with Gasteiger partial charge in [0.25, 0.3) is 0 Å². The van der Waals surface area contributed by atoms with E-state index in [-0.39, 0.29) is 0 Å². The lowest BCUT2D eigenvalue weighted by molar-refractivity contribution is -0.144. The van der Waals surface area contributed by atoms with Crippen molar-refractivity contribution in [1.82, 2.24) is 5.32 Å². The van der Waals surface area contributed by atoms with Gasteiger partial charge in [0.15, 0.2) is 0 Å². The molecule has 0 heterocycles. The maximum Gasteiger partial charge on any atom is 0.323 e. The van der Waals surface area contributed by atoms with Gasteiger partial charge < -0.3 is 10.0 Å². The summed E-state index contributed by atoms with van der Waals surface area (Å²) in [6.07, 6.45) is 4.82. The second kappa shape index (κ2) is 6.94. The van der Waals surface area contributed by atoms with Crippen molar-refractivity contribution in [3.63, 3.8) is 0 Å². The fourth-order valence-electron chi connectivity index (χ4n) is 2.56. The summed E-state index contributed by atoms with van der Waals surface area (Å²) in [5.74, 6) is -0.731. The second-order valence-corrected chi connectivity index (χ2v) is 6.27. The molecule has 21 heavy (non-hydrogen) atoms. The van der Waals surface area contributed by atoms with Gasteiger partial charge in [0.2, 0.25) is 0 Å². The van der Waals surface area contributed by atoms with E-state index in [1.165, 1.54) is 5.69 Å². The van der Waals surface area contributed by atoms with Crippen LogP contribution in [-0.4, -0.2) is 36.2 Å². The third-order valence-corrected chi connectivity index (χ3v) is 4.19. The molecule has 0 aromatic heterocycles. The van der Waals surface area contributed by atoms with Crippen molar-refractivity contribution in [2.75, 3.05) is 18.5 Å². The summed E-state index contributed by atoms with van der Waals surface area (Å²) in [4.78, 5) is 13.7. The fraction of sp³-hybridized carbons (Fsp3) is 0.588. The van der Waals surface area contributed by atoms with Crippen molar-refractivity contribution in [3.05, 3.63) is 30.3 Å². The van der Waals surface area contributed by atoms with Crippen LogP contribution < -0.4 is 10.2 Å². The van der Waals surface area contributed by atoms with Crippen LogP contribution in [0.25, 0.3) is 0 Å². The quantitative estimate of drug-likeness (QED) is 0.687. The second-order valence-electron chi connectivity index (χ2n) is 6.27. The number of hydrogen-bond donors (Lipinski definition) is 2. The molecule has 0 saturated heterocycles. The Labute approximate surface area is 127 Å². The number of rotatable bonds is 9. The number of hydrogen-bond acceptors (Lipinski definition) is 3. The highest BCUT2D eigenvalue weighted by atomic mass is 16.4. The fourth-order valence-corrected chi connectivity index (χ4v) is 2.56. The number of unbranched alkanes of at least 4 members (excludes halogenated alkanes) is 1. The maximum atomic E-state index is 11.5. The summed E-state index contributed by atoms with van der Waals surface area (Å²) in [7, 11) is 2.08. The molecule has 1 aliphatic carbocycles. The Kier molecular flexibility index (Phi) is 5.23. The summed E-state index contributed by atoms with van der Waals surface area (Å²) in [5, 5.41) is 12.7. The van der Waals surface area contributed by atoms with Gasteiger partial charge in [-0.3, -0.25) is 10.1 Å². The molecule has 1 aromatic carbocycles. The average molecular weight is 290 g/mol. The van der Waals surface area contributed by atoms with Crippen molar-refractivity contribution in [1.29, 1.82) is 0 Å². The van der Waals surface area contributed by atoms with Crippen LogP contribution in [0.4, 0.5) is 5.69 Å². The summed E-state index contributed by atoms with van der Waals surface area (Å²) in [6.45, 7) is 2.76. The number of anilines is 1. The molecule has 0 spiro atoms. The molecule has 1 atom stereocenters. The molecule has 4 nitrogen and oxygen atoms in total. The van der Waals surface area contributed by atoms with E-state index >= 15 is 0 Å². The normalized spacial score (nSPS) is 17.2. The highest BCUT2D eigenvalue weighted by molar-refractivity contribution is 5.78. The molecule has 116 valence electrons. The van der Waals surface area contributed by atoms with Gasteiger partial charge in [-0.2, -0.15) is 0 Å². The zero-order valence-electron chi connectivity index (χ0n) is 13.0. The van der Waals surface area contributed by atoms with Crippen molar-refractivity contribution in [3.8, 4) is 0 Å². The number of nitrogens with zero attached hydrogens (tertiary/aromatic N) is 1. The van der Waals surface area contributed by atoms with Crippen LogP contribution in [0.1, 0.15) is 39.0 Å². The largest absolute Gasteiger partial charge is 0.480 e. The minimum Gasteiger partial charge on any atom is -0.480 e. The van der Waals surface area contributed by atoms with Crippen molar-refractivity contribution in [2.45, 2.75) is 50.6 Å². The highest BCUT2D eigenvalue weighted by Crippen LogP contribution is 2.25. The van der Waals surface area contributed by atoms with Gasteiger partial charge in [0.05, 0.1) is 0 Å². The van der Waals surface area contributed by atoms with Crippen LogP contribution in [0, 0.1) is 0 Å². The lowest BCUT2D eigenvalue weighted by atomic mass is 9.94. The van der Waals surface area contributed by atoms with E-state index in [4.69, 9.17) is 0 Å². The Morgan fingerprint density at radius 2 is 2.00 bits per heavy atom. The van der Waals surface area contributed by atoms with E-state index in [9.17, 15) is 9.90 Å². The van der Waals surface area contributed by atoms with Gasteiger partial charge >= 0.3 is 5.97 Å². The lowest BCUT2D eigenvalue weighted by Crippen LogP contribution is -2.50. The van der Waals surface area contributed by atoms with Crippen molar-refractivity contribution < 1.29 is 9.90 Å². The van der Waals surface area contributed by atoms with E-state index in [2.05, 4.69) is 29.4 Å². The topological polar surface area (TPSA) is 52.6 Å². The molecule has 0 aliphatic heterocycles. The number of para-hydroxylation sites is 1. The molecule has 1 aromatic rings. The van der Waals surface area contributed by atoms with E-state index in [1.807, 2.05) is 25.1 Å². The Morgan fingerprint density at radius 3 is 2.57 bits per heavy atom. The number of carbonyl (C=O) groups is 1. The first-order chi connectivity index (χ1) is 10.0. The van der Waals surface area contributed by atoms with Gasteiger partial charge in [0, 0.05) is 25.3 Å². The number of carboxylic acid groups (broad SMARTS) is 1. The van der Waals surface area contributed by atoms with Crippen molar-refractivity contribution in [2.24, 2.45) is 0 Å². The number of aliphatic carboxylic acids is 1. The molecule has 1 saturated carbocycles. The van der Waals surface area contributed by atoms with Crippen LogP contribution in [0.5, 0.6) is 0 Å². The molecule has 0 amide bonds. The minimum atomic E-state index is -0.771. The zero-order valence-corrected chi connectivity index (χ0v) is 13.0. The molecular formula is C17H26N2O2. The minimum absolute atomic E-state index is 0.415. The third kappa shape index (κ3) is 4.74. The smallest absolute Gasteiger partial charge is 0.323 e. The SMILES string of the molecule is CN(CCCCC(C)(NC1CC1)C(=O)O)c1ccccc1. The van der Waals surface area contributed by atoms with Gasteiger partial charge in [0.1, 0.15) is 5.54 Å². The molecule has 2 rings (SSSR count). The maximum absolute atomic E-state index is 11.5. The van der Waals surface area contributed by atoms with E-state index in [0.29, 0.717) is 12.5 Å². The molecule has 2 N–H and O–H groups in total. The Bertz CT molecular complexity index is 459. The molecule has 4 heteroatoms. The predicted molar refractivity (Wildman–Crippen MR) is 85.8 cm³/mol. The van der Waals surface area contributed by atoms with E-state index in [1.54, 1.807) is 0 Å². The zero-order chi connectivity index (χ0) is 15.3. The first kappa shape index (κ1) is 15.8. The van der Waals surface area contributed by atoms with Gasteiger partial charge in [-0.1, -0.05) is 18.2 Å². The third-order valence-electron chi connectivity index (χ3n) is 4.19. The molecule has 1 aliphatic rings. The molecular weight excluding hydrogens is 264 g/mol. The van der Waals surface area contributed by atoms with Crippen LogP contribution in [0.15, 0.2) is 30.3 Å². The monoisotopic (exact) mass is 290 g/mol. The van der Waals surface area contributed by atoms with E-state index in [0.717, 1.165) is 32.2 Å². The average Bonchev–Trinajstić information content (AvgIpc) is 3.28. The number of nitrogens with one attached hydrogen (secondary N) is 1. The highest BCUT2D eigenvalue weighted by Gasteiger charge is 2.37. The Hall–Kier alpha value is -1.55. The Balaban J connectivity index is 1.73. The first-order valence-electron chi connectivity index (χ1n) is 7.78. The summed E-state index contributed by atoms with van der Waals surface area (Å²) in [6, 6.07) is 10.7. The van der Waals surface area contributed by atoms with Gasteiger partial charge in [-0.05, 0) is 51.2 Å². The van der Waals surface area contributed by atoms with Gasteiger partial charge in [-0.25, -0.2) is 0 Å². The summed E-state index contributed by atoms with van der Waals surface area (Å²) < 4.78 is 0. The lowest BCUT2D eigenvalue weighted by Gasteiger charge is -2.27. The summed E-state index contributed by atoms with van der Waals surface area (Å²) in [5.41, 5.74) is 0.432. The first-order valence-corrected chi connectivity index (χ1v) is 7.78. The number of benzene rings is 1. The Morgan fingerprint density at radius 1 is 1.33 bits per heavy atom. The molecule has 1 fully saturated rings. The standard InChI is InChI=1S/C17H26N2O2/c1-17(16(20)21,18-14-10-11-14)12-6-7-13-19(2)15-8-4-3-5-9-15/h3-5,8-9,14,18H,6-7,10-13H2,1-2H3,(H,20,21). The molecule has 1 unspecified atom stereocenters.